The van der Waals surface area contributed by atoms with Crippen LogP contribution in [-0.4, -0.2) is 28.0 Å². The Balaban J connectivity index is 1.34. The number of carbonyl (C=O) groups excluding carboxylic acids is 3. The maximum absolute atomic E-state index is 13.6. The summed E-state index contributed by atoms with van der Waals surface area (Å²) in [6.45, 7) is 5.98. The smallest absolute Gasteiger partial charge is 0.272 e. The lowest BCUT2D eigenvalue weighted by molar-refractivity contribution is -0.116. The first-order valence-electron chi connectivity index (χ1n) is 14.4. The van der Waals surface area contributed by atoms with E-state index >= 15 is 0 Å². The van der Waals surface area contributed by atoms with E-state index < -0.39 is 11.8 Å². The highest BCUT2D eigenvalue weighted by molar-refractivity contribution is 8.00. The first kappa shape index (κ1) is 30.4. The van der Waals surface area contributed by atoms with Gasteiger partial charge in [-0.15, -0.1) is 11.8 Å². The fourth-order valence-corrected chi connectivity index (χ4v) is 5.93. The Morgan fingerprint density at radius 2 is 1.55 bits per heavy atom. The highest BCUT2D eigenvalue weighted by atomic mass is 32.2. The number of hydrogen-bond donors (Lipinski definition) is 4. The molecule has 0 saturated carbocycles. The van der Waals surface area contributed by atoms with E-state index in [1.807, 2.05) is 81.4 Å². The molecule has 0 saturated heterocycles. The Kier molecular flexibility index (Phi) is 9.62. The standard InChI is InChI=1S/C36H34N4O3S/c1-4-33(36(43)39-28-18-23(2)17-24(3)19-28)44-29-14-10-13-27(21-29)38-35(42)32(40-34(41)25-11-6-5-7-12-25)20-26-22-37-31-16-9-8-15-30(26)31/h5-22,33,37H,4H2,1-3H3,(H,38,42)(H,39,43)(H,40,41)/b32-20-. The van der Waals surface area contributed by atoms with Gasteiger partial charge in [-0.1, -0.05) is 55.5 Å². The number of anilines is 2. The summed E-state index contributed by atoms with van der Waals surface area (Å²) in [7, 11) is 0. The summed E-state index contributed by atoms with van der Waals surface area (Å²) in [5.74, 6) is -0.942. The predicted octanol–water partition coefficient (Wildman–Crippen LogP) is 7.70. The lowest BCUT2D eigenvalue weighted by atomic mass is 10.1. The monoisotopic (exact) mass is 602 g/mol. The summed E-state index contributed by atoms with van der Waals surface area (Å²) < 4.78 is 0. The Bertz CT molecular complexity index is 1820. The summed E-state index contributed by atoms with van der Waals surface area (Å²) in [5.41, 5.74) is 5.72. The number of carbonyl (C=O) groups is 3. The van der Waals surface area contributed by atoms with Crippen molar-refractivity contribution in [3.8, 4) is 0 Å². The van der Waals surface area contributed by atoms with Gasteiger partial charge < -0.3 is 20.9 Å². The number of aryl methyl sites for hydroxylation is 2. The number of benzene rings is 4. The first-order chi connectivity index (χ1) is 21.3. The lowest BCUT2D eigenvalue weighted by Gasteiger charge is -2.16. The SMILES string of the molecule is CCC(Sc1cccc(NC(=O)/C(=C/c2c[nH]c3ccccc23)NC(=O)c2ccccc2)c1)C(=O)Nc1cc(C)cc(C)c1. The third kappa shape index (κ3) is 7.65. The molecule has 222 valence electrons. The van der Waals surface area contributed by atoms with E-state index in [0.717, 1.165) is 38.2 Å². The summed E-state index contributed by atoms with van der Waals surface area (Å²) in [6, 6.07) is 29.8. The first-order valence-corrected chi connectivity index (χ1v) is 15.3. The van der Waals surface area contributed by atoms with Crippen molar-refractivity contribution in [3.05, 3.63) is 131 Å². The van der Waals surface area contributed by atoms with Crippen molar-refractivity contribution in [2.75, 3.05) is 10.6 Å². The number of hydrogen-bond acceptors (Lipinski definition) is 4. The number of amides is 3. The van der Waals surface area contributed by atoms with Crippen LogP contribution in [0.3, 0.4) is 0 Å². The number of H-pyrrole nitrogens is 1. The minimum absolute atomic E-state index is 0.0792. The van der Waals surface area contributed by atoms with Gasteiger partial charge in [0.25, 0.3) is 11.8 Å². The lowest BCUT2D eigenvalue weighted by Crippen LogP contribution is -2.30. The summed E-state index contributed by atoms with van der Waals surface area (Å²) in [5, 5.41) is 9.36. The quantitative estimate of drug-likeness (QED) is 0.0971. The van der Waals surface area contributed by atoms with Crippen LogP contribution in [0.2, 0.25) is 0 Å². The molecule has 0 aliphatic carbocycles. The van der Waals surface area contributed by atoms with Crippen LogP contribution < -0.4 is 16.0 Å². The molecule has 1 heterocycles. The van der Waals surface area contributed by atoms with Crippen LogP contribution in [-0.2, 0) is 9.59 Å². The van der Waals surface area contributed by atoms with E-state index in [9.17, 15) is 14.4 Å². The second-order valence-corrected chi connectivity index (χ2v) is 11.8. The van der Waals surface area contributed by atoms with Crippen LogP contribution in [0.5, 0.6) is 0 Å². The molecule has 7 nitrogen and oxygen atoms in total. The average Bonchev–Trinajstić information content (AvgIpc) is 3.42. The van der Waals surface area contributed by atoms with Crippen molar-refractivity contribution in [1.82, 2.24) is 10.3 Å². The van der Waals surface area contributed by atoms with Gasteiger partial charge in [-0.25, -0.2) is 0 Å². The molecule has 0 spiro atoms. The van der Waals surface area contributed by atoms with Crippen LogP contribution in [0.4, 0.5) is 11.4 Å². The molecule has 1 aromatic heterocycles. The second-order valence-electron chi connectivity index (χ2n) is 10.5. The summed E-state index contributed by atoms with van der Waals surface area (Å²) >= 11 is 1.44. The number of nitrogens with one attached hydrogen (secondary N) is 4. The maximum Gasteiger partial charge on any atom is 0.272 e. The Morgan fingerprint density at radius 1 is 0.818 bits per heavy atom. The molecule has 5 rings (SSSR count). The minimum atomic E-state index is -0.471. The molecule has 1 unspecified atom stereocenters. The number of aromatic nitrogens is 1. The second kappa shape index (κ2) is 13.9. The zero-order chi connectivity index (χ0) is 31.1. The van der Waals surface area contributed by atoms with Gasteiger partial charge in [0, 0.05) is 44.5 Å². The van der Waals surface area contributed by atoms with Crippen LogP contribution >= 0.6 is 11.8 Å². The highest BCUT2D eigenvalue weighted by Crippen LogP contribution is 2.29. The van der Waals surface area contributed by atoms with Gasteiger partial charge in [0.2, 0.25) is 5.91 Å². The maximum atomic E-state index is 13.6. The van der Waals surface area contributed by atoms with Crippen LogP contribution in [0.25, 0.3) is 17.0 Å². The van der Waals surface area contributed by atoms with Gasteiger partial charge >= 0.3 is 0 Å². The molecular weight excluding hydrogens is 568 g/mol. The van der Waals surface area contributed by atoms with Crippen LogP contribution in [0.15, 0.2) is 114 Å². The molecule has 0 fully saturated rings. The normalized spacial score (nSPS) is 12.0. The molecule has 8 heteroatoms. The van der Waals surface area contributed by atoms with Crippen LogP contribution in [0.1, 0.15) is 40.4 Å². The minimum Gasteiger partial charge on any atom is -0.361 e. The molecule has 0 bridgehead atoms. The van der Waals surface area contributed by atoms with Gasteiger partial charge in [0.05, 0.1) is 5.25 Å². The molecule has 0 aliphatic heterocycles. The van der Waals surface area contributed by atoms with E-state index in [4.69, 9.17) is 0 Å². The van der Waals surface area contributed by atoms with Gasteiger partial charge in [-0.3, -0.25) is 14.4 Å². The summed E-state index contributed by atoms with van der Waals surface area (Å²) in [4.78, 5) is 43.9. The Morgan fingerprint density at radius 3 is 2.30 bits per heavy atom. The van der Waals surface area contributed by atoms with Gasteiger partial charge in [-0.05, 0) is 86.0 Å². The third-order valence-corrected chi connectivity index (χ3v) is 8.33. The van der Waals surface area contributed by atoms with E-state index in [1.165, 1.54) is 11.8 Å². The van der Waals surface area contributed by atoms with Crippen molar-refractivity contribution in [2.24, 2.45) is 0 Å². The fraction of sp³-hybridized carbons (Fsp3) is 0.139. The van der Waals surface area contributed by atoms with Crippen molar-refractivity contribution >= 4 is 57.8 Å². The van der Waals surface area contributed by atoms with Gasteiger partial charge in [0.15, 0.2) is 0 Å². The zero-order valence-electron chi connectivity index (χ0n) is 24.8. The topological polar surface area (TPSA) is 103 Å². The Hall–Kier alpha value is -5.08. The van der Waals surface area contributed by atoms with E-state index in [2.05, 4.69) is 27.0 Å². The predicted molar refractivity (Wildman–Crippen MR) is 180 cm³/mol. The third-order valence-electron chi connectivity index (χ3n) is 6.97. The molecule has 1 atom stereocenters. The number of para-hydroxylation sites is 1. The largest absolute Gasteiger partial charge is 0.361 e. The molecule has 5 aromatic rings. The van der Waals surface area contributed by atoms with Gasteiger partial charge in [-0.2, -0.15) is 0 Å². The van der Waals surface area contributed by atoms with Gasteiger partial charge in [0.1, 0.15) is 5.70 Å². The Labute approximate surface area is 261 Å². The molecule has 0 radical (unpaired) electrons. The van der Waals surface area contributed by atoms with E-state index in [1.54, 1.807) is 42.6 Å². The van der Waals surface area contributed by atoms with E-state index in [0.29, 0.717) is 17.7 Å². The highest BCUT2D eigenvalue weighted by Gasteiger charge is 2.20. The average molecular weight is 603 g/mol. The van der Waals surface area contributed by atoms with Crippen molar-refractivity contribution < 1.29 is 14.4 Å². The molecular formula is C36H34N4O3S. The number of fused-ring (bicyclic) bond motifs is 1. The number of thioether (sulfide) groups is 1. The van der Waals surface area contributed by atoms with Crippen molar-refractivity contribution in [2.45, 2.75) is 37.3 Å². The summed E-state index contributed by atoms with van der Waals surface area (Å²) in [6.07, 6.45) is 4.09. The molecule has 4 N–H and O–H groups in total. The molecule has 44 heavy (non-hydrogen) atoms. The fourth-order valence-electron chi connectivity index (χ4n) is 4.91. The van der Waals surface area contributed by atoms with Crippen molar-refractivity contribution in [1.29, 1.82) is 0 Å². The molecule has 3 amide bonds. The molecule has 0 aliphatic rings. The number of rotatable bonds is 10. The van der Waals surface area contributed by atoms with E-state index in [-0.39, 0.29) is 16.9 Å². The van der Waals surface area contributed by atoms with Crippen LogP contribution in [0, 0.1) is 13.8 Å². The van der Waals surface area contributed by atoms with Crippen molar-refractivity contribution in [3.63, 3.8) is 0 Å². The number of aromatic amines is 1. The zero-order valence-corrected chi connectivity index (χ0v) is 25.6. The molecule has 4 aromatic carbocycles.